The number of aromatic nitrogens is 2. The zero-order valence-corrected chi connectivity index (χ0v) is 19.1. The van der Waals surface area contributed by atoms with Gasteiger partial charge in [-0.1, -0.05) is 49.1 Å². The van der Waals surface area contributed by atoms with E-state index in [-0.39, 0.29) is 12.4 Å². The number of halogens is 1. The van der Waals surface area contributed by atoms with E-state index < -0.39 is 0 Å². The Morgan fingerprint density at radius 3 is 2.53 bits per heavy atom. The molecule has 0 aliphatic rings. The Balaban J connectivity index is 2.21. The van der Waals surface area contributed by atoms with Gasteiger partial charge in [-0.3, -0.25) is 0 Å². The SMILES string of the molecule is C=CN(C)c1nc(-c2cccc(C)c2)n(Cc2ccc(F)cc2)c1C(=C)N(C)CCCO. The third kappa shape index (κ3) is 5.08. The van der Waals surface area contributed by atoms with Crippen molar-refractivity contribution in [1.82, 2.24) is 14.5 Å². The van der Waals surface area contributed by atoms with E-state index >= 15 is 0 Å². The van der Waals surface area contributed by atoms with Gasteiger partial charge >= 0.3 is 0 Å². The van der Waals surface area contributed by atoms with E-state index in [1.807, 2.05) is 36.0 Å². The number of aliphatic hydroxyl groups is 1. The minimum Gasteiger partial charge on any atom is -0.396 e. The lowest BCUT2D eigenvalue weighted by atomic mass is 10.1. The van der Waals surface area contributed by atoms with Gasteiger partial charge < -0.3 is 19.5 Å². The molecule has 0 bridgehead atoms. The molecule has 1 heterocycles. The van der Waals surface area contributed by atoms with Crippen LogP contribution in [0, 0.1) is 12.7 Å². The summed E-state index contributed by atoms with van der Waals surface area (Å²) in [5.74, 6) is 1.27. The van der Waals surface area contributed by atoms with Crippen LogP contribution < -0.4 is 4.90 Å². The molecule has 0 fully saturated rings. The number of aryl methyl sites for hydroxylation is 1. The largest absolute Gasteiger partial charge is 0.396 e. The van der Waals surface area contributed by atoms with Gasteiger partial charge in [-0.2, -0.15) is 0 Å². The summed E-state index contributed by atoms with van der Waals surface area (Å²) < 4.78 is 15.6. The average molecular weight is 435 g/mol. The molecule has 3 rings (SSSR count). The van der Waals surface area contributed by atoms with Crippen LogP contribution in [0.3, 0.4) is 0 Å². The molecule has 0 aliphatic carbocycles. The van der Waals surface area contributed by atoms with Crippen molar-refractivity contribution in [2.24, 2.45) is 0 Å². The average Bonchev–Trinajstić information content (AvgIpc) is 3.16. The molecule has 1 N–H and O–H groups in total. The molecule has 3 aromatic rings. The maximum atomic E-state index is 13.5. The number of hydrogen-bond donors (Lipinski definition) is 1. The summed E-state index contributed by atoms with van der Waals surface area (Å²) in [7, 11) is 3.86. The summed E-state index contributed by atoms with van der Waals surface area (Å²) in [6.07, 6.45) is 2.36. The summed E-state index contributed by atoms with van der Waals surface area (Å²) in [4.78, 5) is 8.89. The smallest absolute Gasteiger partial charge is 0.160 e. The molecular formula is C26H31FN4O. The first-order valence-corrected chi connectivity index (χ1v) is 10.6. The second-order valence-corrected chi connectivity index (χ2v) is 7.93. The van der Waals surface area contributed by atoms with Gasteiger partial charge in [0.25, 0.3) is 0 Å². The van der Waals surface area contributed by atoms with Crippen LogP contribution >= 0.6 is 0 Å². The lowest BCUT2D eigenvalue weighted by molar-refractivity contribution is 0.272. The van der Waals surface area contributed by atoms with Crippen LogP contribution in [0.15, 0.2) is 67.9 Å². The van der Waals surface area contributed by atoms with Crippen LogP contribution in [0.2, 0.25) is 0 Å². The fourth-order valence-electron chi connectivity index (χ4n) is 3.61. The number of rotatable bonds is 10. The van der Waals surface area contributed by atoms with Crippen molar-refractivity contribution in [1.29, 1.82) is 0 Å². The number of nitrogens with zero attached hydrogens (tertiary/aromatic N) is 4. The number of benzene rings is 2. The summed E-state index contributed by atoms with van der Waals surface area (Å²) in [6, 6.07) is 14.7. The molecule has 5 nitrogen and oxygen atoms in total. The second-order valence-electron chi connectivity index (χ2n) is 7.93. The van der Waals surface area contributed by atoms with Crippen molar-refractivity contribution in [3.05, 3.63) is 90.5 Å². The molecule has 0 saturated carbocycles. The maximum Gasteiger partial charge on any atom is 0.160 e. The minimum absolute atomic E-state index is 0.112. The van der Waals surface area contributed by atoms with E-state index in [4.69, 9.17) is 4.98 Å². The molecule has 0 spiro atoms. The lowest BCUT2D eigenvalue weighted by Gasteiger charge is -2.25. The van der Waals surface area contributed by atoms with Crippen LogP contribution in [-0.4, -0.2) is 46.8 Å². The van der Waals surface area contributed by atoms with Crippen molar-refractivity contribution in [2.45, 2.75) is 19.9 Å². The van der Waals surface area contributed by atoms with Gasteiger partial charge in [0.15, 0.2) is 5.82 Å². The quantitative estimate of drug-likeness (QED) is 0.492. The normalized spacial score (nSPS) is 10.8. The van der Waals surface area contributed by atoms with Crippen LogP contribution in [0.25, 0.3) is 17.1 Å². The number of imidazole rings is 1. The highest BCUT2D eigenvalue weighted by Gasteiger charge is 2.24. The van der Waals surface area contributed by atoms with Crippen molar-refractivity contribution < 1.29 is 9.50 Å². The predicted octanol–water partition coefficient (Wildman–Crippen LogP) is 4.91. The van der Waals surface area contributed by atoms with Gasteiger partial charge in [-0.25, -0.2) is 9.37 Å². The molecule has 0 amide bonds. The Morgan fingerprint density at radius 1 is 1.19 bits per heavy atom. The van der Waals surface area contributed by atoms with E-state index in [1.165, 1.54) is 12.1 Å². The molecule has 0 atom stereocenters. The Hall–Kier alpha value is -3.38. The van der Waals surface area contributed by atoms with Gasteiger partial charge in [-0.15, -0.1) is 0 Å². The van der Waals surface area contributed by atoms with Crippen molar-refractivity contribution >= 4 is 11.5 Å². The van der Waals surface area contributed by atoms with Crippen molar-refractivity contribution in [3.63, 3.8) is 0 Å². The Kier molecular flexibility index (Phi) is 7.49. The molecule has 168 valence electrons. The Morgan fingerprint density at radius 2 is 1.91 bits per heavy atom. The third-order valence-electron chi connectivity index (χ3n) is 5.47. The minimum atomic E-state index is -0.265. The highest BCUT2D eigenvalue weighted by molar-refractivity contribution is 5.75. The number of anilines is 1. The fourth-order valence-corrected chi connectivity index (χ4v) is 3.61. The van der Waals surface area contributed by atoms with Gasteiger partial charge in [0.2, 0.25) is 0 Å². The number of aliphatic hydroxyl groups excluding tert-OH is 1. The van der Waals surface area contributed by atoms with Crippen LogP contribution in [-0.2, 0) is 6.54 Å². The van der Waals surface area contributed by atoms with Gasteiger partial charge in [0.1, 0.15) is 17.3 Å². The first-order valence-electron chi connectivity index (χ1n) is 10.6. The zero-order chi connectivity index (χ0) is 23.3. The first-order chi connectivity index (χ1) is 15.3. The van der Waals surface area contributed by atoms with Crippen molar-refractivity contribution in [3.8, 4) is 11.4 Å². The van der Waals surface area contributed by atoms with Gasteiger partial charge in [0.05, 0.1) is 5.70 Å². The van der Waals surface area contributed by atoms with Crippen LogP contribution in [0.5, 0.6) is 0 Å². The Labute approximate surface area is 189 Å². The summed E-state index contributed by atoms with van der Waals surface area (Å²) >= 11 is 0. The highest BCUT2D eigenvalue weighted by Crippen LogP contribution is 2.34. The lowest BCUT2D eigenvalue weighted by Crippen LogP contribution is -2.22. The van der Waals surface area contributed by atoms with Crippen LogP contribution in [0.1, 0.15) is 23.2 Å². The zero-order valence-electron chi connectivity index (χ0n) is 19.1. The first kappa shape index (κ1) is 23.3. The van der Waals surface area contributed by atoms with E-state index in [2.05, 4.69) is 36.8 Å². The molecule has 1 aromatic heterocycles. The summed E-state index contributed by atoms with van der Waals surface area (Å²) in [6.45, 7) is 11.6. The molecule has 0 saturated heterocycles. The van der Waals surface area contributed by atoms with Crippen molar-refractivity contribution in [2.75, 3.05) is 32.1 Å². The topological polar surface area (TPSA) is 44.5 Å². The number of hydrogen-bond acceptors (Lipinski definition) is 4. The molecule has 6 heteroatoms. The molecular weight excluding hydrogens is 403 g/mol. The summed E-state index contributed by atoms with van der Waals surface area (Å²) in [5, 5.41) is 9.27. The van der Waals surface area contributed by atoms with Gasteiger partial charge in [-0.05, 0) is 43.3 Å². The Bertz CT molecular complexity index is 1090. The third-order valence-corrected chi connectivity index (χ3v) is 5.47. The van der Waals surface area contributed by atoms with Crippen LogP contribution in [0.4, 0.5) is 10.2 Å². The van der Waals surface area contributed by atoms with E-state index in [0.29, 0.717) is 19.5 Å². The molecule has 0 radical (unpaired) electrons. The maximum absolute atomic E-state index is 13.5. The van der Waals surface area contributed by atoms with Gasteiger partial charge in [0, 0.05) is 39.4 Å². The fraction of sp³-hybridized carbons (Fsp3) is 0.269. The monoisotopic (exact) mass is 434 g/mol. The van der Waals surface area contributed by atoms with E-state index in [0.717, 1.165) is 39.7 Å². The molecule has 0 aliphatic heterocycles. The predicted molar refractivity (Wildman–Crippen MR) is 130 cm³/mol. The molecule has 0 unspecified atom stereocenters. The second kappa shape index (κ2) is 10.3. The molecule has 32 heavy (non-hydrogen) atoms. The molecule has 2 aromatic carbocycles. The highest BCUT2D eigenvalue weighted by atomic mass is 19.1. The summed E-state index contributed by atoms with van der Waals surface area (Å²) in [5.41, 5.74) is 4.72. The standard InChI is InChI=1S/C26H31FN4O/c1-6-29(4)26-24(20(3)30(5)15-8-16-32)31(18-21-11-13-23(27)14-12-21)25(28-26)22-10-7-9-19(2)17-22/h6-7,9-14,17,32H,1,3,8,15-16,18H2,2,4-5H3. The van der Waals surface area contributed by atoms with E-state index in [9.17, 15) is 9.50 Å². The van der Waals surface area contributed by atoms with E-state index in [1.54, 1.807) is 18.3 Å².